The van der Waals surface area contributed by atoms with E-state index in [1.54, 1.807) is 4.90 Å². The molecule has 2 aliphatic rings. The molecule has 27 heavy (non-hydrogen) atoms. The fourth-order valence-electron chi connectivity index (χ4n) is 4.08. The molecule has 0 radical (unpaired) electrons. The monoisotopic (exact) mass is 372 g/mol. The number of rotatable bonds is 4. The molecule has 1 aliphatic carbocycles. The van der Waals surface area contributed by atoms with Gasteiger partial charge in [0.1, 0.15) is 5.82 Å². The molecule has 0 spiro atoms. The molecular formula is C20H25FN4O2. The third-order valence-electron chi connectivity index (χ3n) is 5.83. The Balaban J connectivity index is 1.50. The number of hydrogen-bond acceptors (Lipinski definition) is 3. The lowest BCUT2D eigenvalue weighted by atomic mass is 9.80. The molecule has 0 unspecified atom stereocenters. The summed E-state index contributed by atoms with van der Waals surface area (Å²) in [6, 6.07) is 5.91. The van der Waals surface area contributed by atoms with Gasteiger partial charge in [-0.25, -0.2) is 9.37 Å². The van der Waals surface area contributed by atoms with Crippen LogP contribution in [0.4, 0.5) is 4.39 Å². The molecule has 1 saturated carbocycles. The number of nitrogens with zero attached hydrogens (tertiary/aromatic N) is 3. The van der Waals surface area contributed by atoms with E-state index >= 15 is 0 Å². The highest BCUT2D eigenvalue weighted by Crippen LogP contribution is 2.39. The van der Waals surface area contributed by atoms with Gasteiger partial charge in [0.25, 0.3) is 5.91 Å². The molecule has 2 aromatic rings. The van der Waals surface area contributed by atoms with Crippen molar-refractivity contribution < 1.29 is 14.0 Å². The van der Waals surface area contributed by atoms with Crippen LogP contribution < -0.4 is 5.32 Å². The first kappa shape index (κ1) is 17.9. The zero-order valence-electron chi connectivity index (χ0n) is 15.6. The molecule has 0 bridgehead atoms. The minimum absolute atomic E-state index is 0.0865. The standard InChI is InChI=1S/C20H25FN4O2/c1-14(26)22-13-16-17-5-2-3-10-25(17)18(23-16)15-6-11-24(12-7-15)19(27)20(21)8-4-9-20/h2-3,5,10,15H,4,6-9,11-13H2,1H3,(H,22,26). The maximum atomic E-state index is 14.4. The lowest BCUT2D eigenvalue weighted by Gasteiger charge is -2.39. The van der Waals surface area contributed by atoms with Crippen molar-refractivity contribution in [2.75, 3.05) is 13.1 Å². The average Bonchev–Trinajstić information content (AvgIpc) is 3.03. The van der Waals surface area contributed by atoms with Gasteiger partial charge in [0.15, 0.2) is 5.67 Å². The number of carbonyl (C=O) groups excluding carboxylic acids is 2. The summed E-state index contributed by atoms with van der Waals surface area (Å²) in [7, 11) is 0. The van der Waals surface area contributed by atoms with Gasteiger partial charge in [0.2, 0.25) is 5.91 Å². The van der Waals surface area contributed by atoms with Gasteiger partial charge in [0, 0.05) is 32.1 Å². The molecule has 6 nitrogen and oxygen atoms in total. The van der Waals surface area contributed by atoms with Gasteiger partial charge in [-0.15, -0.1) is 0 Å². The van der Waals surface area contributed by atoms with Gasteiger partial charge in [-0.1, -0.05) is 6.07 Å². The van der Waals surface area contributed by atoms with Crippen molar-refractivity contribution in [1.82, 2.24) is 19.6 Å². The number of aromatic nitrogens is 2. The summed E-state index contributed by atoms with van der Waals surface area (Å²) < 4.78 is 16.5. The molecule has 0 aromatic carbocycles. The van der Waals surface area contributed by atoms with Crippen LogP contribution in [0.3, 0.4) is 0 Å². The Morgan fingerprint density at radius 1 is 1.30 bits per heavy atom. The Hall–Kier alpha value is -2.44. The lowest BCUT2D eigenvalue weighted by Crippen LogP contribution is -2.52. The predicted octanol–water partition coefficient (Wildman–Crippen LogP) is 2.57. The molecule has 2 amide bonds. The summed E-state index contributed by atoms with van der Waals surface area (Å²) in [4.78, 5) is 30.1. The minimum Gasteiger partial charge on any atom is -0.351 e. The summed E-state index contributed by atoms with van der Waals surface area (Å²) in [6.45, 7) is 3.02. The number of likely N-dealkylation sites (tertiary alicyclic amines) is 1. The van der Waals surface area contributed by atoms with E-state index in [0.29, 0.717) is 32.5 Å². The number of imidazole rings is 1. The van der Waals surface area contributed by atoms with E-state index in [-0.39, 0.29) is 17.7 Å². The zero-order valence-corrected chi connectivity index (χ0v) is 15.6. The first-order valence-electron chi connectivity index (χ1n) is 9.66. The maximum absolute atomic E-state index is 14.4. The molecule has 1 aliphatic heterocycles. The average molecular weight is 372 g/mol. The van der Waals surface area contributed by atoms with Crippen molar-refractivity contribution in [1.29, 1.82) is 0 Å². The van der Waals surface area contributed by atoms with Crippen LogP contribution in [0.15, 0.2) is 24.4 Å². The largest absolute Gasteiger partial charge is 0.351 e. The third-order valence-corrected chi connectivity index (χ3v) is 5.83. The van der Waals surface area contributed by atoms with Crippen molar-refractivity contribution in [3.8, 4) is 0 Å². The van der Waals surface area contributed by atoms with E-state index in [0.717, 1.165) is 36.3 Å². The minimum atomic E-state index is -1.61. The molecule has 2 aromatic heterocycles. The van der Waals surface area contributed by atoms with Crippen LogP contribution in [0.5, 0.6) is 0 Å². The number of piperidine rings is 1. The topological polar surface area (TPSA) is 66.7 Å². The smallest absolute Gasteiger partial charge is 0.260 e. The summed E-state index contributed by atoms with van der Waals surface area (Å²) >= 11 is 0. The quantitative estimate of drug-likeness (QED) is 0.897. The molecule has 1 N–H and O–H groups in total. The highest BCUT2D eigenvalue weighted by molar-refractivity contribution is 5.86. The van der Waals surface area contributed by atoms with Crippen LogP contribution in [-0.4, -0.2) is 44.9 Å². The Morgan fingerprint density at radius 3 is 2.67 bits per heavy atom. The second kappa shape index (κ2) is 6.94. The first-order valence-corrected chi connectivity index (χ1v) is 9.66. The van der Waals surface area contributed by atoms with Gasteiger partial charge in [-0.2, -0.15) is 0 Å². The fraction of sp³-hybridized carbons (Fsp3) is 0.550. The van der Waals surface area contributed by atoms with E-state index in [4.69, 9.17) is 4.98 Å². The number of hydrogen-bond donors (Lipinski definition) is 1. The van der Waals surface area contributed by atoms with Crippen LogP contribution in [-0.2, 0) is 16.1 Å². The van der Waals surface area contributed by atoms with E-state index < -0.39 is 5.67 Å². The van der Waals surface area contributed by atoms with Crippen LogP contribution in [0.1, 0.15) is 56.5 Å². The van der Waals surface area contributed by atoms with Crippen LogP contribution in [0, 0.1) is 0 Å². The Bertz CT molecular complexity index is 866. The van der Waals surface area contributed by atoms with Crippen LogP contribution in [0.25, 0.3) is 5.52 Å². The fourth-order valence-corrected chi connectivity index (χ4v) is 4.08. The van der Waals surface area contributed by atoms with Crippen molar-refractivity contribution in [2.45, 2.75) is 57.2 Å². The first-order chi connectivity index (χ1) is 13.0. The van der Waals surface area contributed by atoms with Gasteiger partial charge >= 0.3 is 0 Å². The number of pyridine rings is 1. The van der Waals surface area contributed by atoms with Crippen LogP contribution >= 0.6 is 0 Å². The van der Waals surface area contributed by atoms with Crippen molar-refractivity contribution >= 4 is 17.3 Å². The number of amides is 2. The van der Waals surface area contributed by atoms with Gasteiger partial charge < -0.3 is 14.6 Å². The molecule has 7 heteroatoms. The molecule has 3 heterocycles. The third kappa shape index (κ3) is 3.31. The Morgan fingerprint density at radius 2 is 2.04 bits per heavy atom. The highest BCUT2D eigenvalue weighted by atomic mass is 19.1. The van der Waals surface area contributed by atoms with Crippen LogP contribution in [0.2, 0.25) is 0 Å². The molecule has 1 saturated heterocycles. The second-order valence-corrected chi connectivity index (χ2v) is 7.67. The van der Waals surface area contributed by atoms with E-state index in [1.807, 2.05) is 24.4 Å². The van der Waals surface area contributed by atoms with Gasteiger partial charge in [0.05, 0.1) is 17.8 Å². The zero-order chi connectivity index (χ0) is 19.0. The summed E-state index contributed by atoms with van der Waals surface area (Å²) in [6.07, 6.45) is 5.06. The lowest BCUT2D eigenvalue weighted by molar-refractivity contribution is -0.151. The van der Waals surface area contributed by atoms with E-state index in [1.165, 1.54) is 6.92 Å². The number of alkyl halides is 1. The summed E-state index contributed by atoms with van der Waals surface area (Å²) in [5.41, 5.74) is 0.215. The number of nitrogens with one attached hydrogen (secondary N) is 1. The molecule has 4 rings (SSSR count). The maximum Gasteiger partial charge on any atom is 0.260 e. The van der Waals surface area contributed by atoms with Gasteiger partial charge in [-0.05, 0) is 44.2 Å². The molecule has 144 valence electrons. The second-order valence-electron chi connectivity index (χ2n) is 7.67. The number of carbonyl (C=O) groups is 2. The summed E-state index contributed by atoms with van der Waals surface area (Å²) in [5.74, 6) is 0.756. The molecule has 2 fully saturated rings. The summed E-state index contributed by atoms with van der Waals surface area (Å²) in [5, 5.41) is 2.81. The normalized spacial score (nSPS) is 19.7. The van der Waals surface area contributed by atoms with Crippen molar-refractivity contribution in [3.05, 3.63) is 35.9 Å². The Labute approximate surface area is 157 Å². The Kier molecular flexibility index (Phi) is 4.61. The molecular weight excluding hydrogens is 347 g/mol. The molecule has 0 atom stereocenters. The van der Waals surface area contributed by atoms with Crippen molar-refractivity contribution in [3.63, 3.8) is 0 Å². The number of halogens is 1. The number of fused-ring (bicyclic) bond motifs is 1. The SMILES string of the molecule is CC(=O)NCc1nc(C2CCN(C(=O)C3(F)CCC3)CC2)n2ccccc12. The highest BCUT2D eigenvalue weighted by Gasteiger charge is 2.47. The van der Waals surface area contributed by atoms with E-state index in [9.17, 15) is 14.0 Å². The van der Waals surface area contributed by atoms with E-state index in [2.05, 4.69) is 9.72 Å². The van der Waals surface area contributed by atoms with Gasteiger partial charge in [-0.3, -0.25) is 9.59 Å². The predicted molar refractivity (Wildman–Crippen MR) is 99.0 cm³/mol. The van der Waals surface area contributed by atoms with Crippen molar-refractivity contribution in [2.24, 2.45) is 0 Å².